The maximum Gasteiger partial charge on any atom is 0.335 e. The first kappa shape index (κ1) is 19.1. The van der Waals surface area contributed by atoms with E-state index in [1.807, 2.05) is 0 Å². The van der Waals surface area contributed by atoms with Crippen LogP contribution in [0.1, 0.15) is 27.2 Å². The fourth-order valence-electron chi connectivity index (χ4n) is 2.04. The molecule has 2 aromatic rings. The molecule has 1 aromatic heterocycles. The molecule has 134 valence electrons. The van der Waals surface area contributed by atoms with Gasteiger partial charge in [0.15, 0.2) is 0 Å². The SMILES string of the molecule is CNS(=O)(=O)c1ccc(CNC(=O)CCc2ccc(C(=O)O)cc2)s1. The Kier molecular flexibility index (Phi) is 6.29. The highest BCUT2D eigenvalue weighted by atomic mass is 32.2. The molecule has 0 aliphatic heterocycles. The van der Waals surface area contributed by atoms with Crippen molar-refractivity contribution in [2.24, 2.45) is 0 Å². The molecular weight excluding hydrogens is 364 g/mol. The number of hydrogen-bond acceptors (Lipinski definition) is 5. The van der Waals surface area contributed by atoms with E-state index < -0.39 is 16.0 Å². The van der Waals surface area contributed by atoms with Gasteiger partial charge < -0.3 is 10.4 Å². The number of amides is 1. The molecule has 0 atom stereocenters. The summed E-state index contributed by atoms with van der Waals surface area (Å²) in [6, 6.07) is 9.55. The first-order valence-corrected chi connectivity index (χ1v) is 9.73. The van der Waals surface area contributed by atoms with Gasteiger partial charge in [-0.15, -0.1) is 11.3 Å². The Labute approximate surface area is 149 Å². The van der Waals surface area contributed by atoms with Crippen LogP contribution in [0.15, 0.2) is 40.6 Å². The molecule has 7 nitrogen and oxygen atoms in total. The maximum absolute atomic E-state index is 11.9. The van der Waals surface area contributed by atoms with Gasteiger partial charge in [0.05, 0.1) is 12.1 Å². The normalized spacial score (nSPS) is 11.2. The summed E-state index contributed by atoms with van der Waals surface area (Å²) in [5, 5.41) is 11.6. The highest BCUT2D eigenvalue weighted by molar-refractivity contribution is 7.91. The van der Waals surface area contributed by atoms with Gasteiger partial charge in [0.25, 0.3) is 0 Å². The third-order valence-electron chi connectivity index (χ3n) is 3.47. The highest BCUT2D eigenvalue weighted by Crippen LogP contribution is 2.21. The predicted molar refractivity (Wildman–Crippen MR) is 94.1 cm³/mol. The molecule has 1 heterocycles. The van der Waals surface area contributed by atoms with E-state index >= 15 is 0 Å². The van der Waals surface area contributed by atoms with Crippen molar-refractivity contribution in [3.8, 4) is 0 Å². The summed E-state index contributed by atoms with van der Waals surface area (Å²) < 4.78 is 25.8. The standard InChI is InChI=1S/C16H18N2O5S2/c1-17-25(22,23)15-9-7-13(24-15)10-18-14(19)8-4-11-2-5-12(6-3-11)16(20)21/h2-3,5-7,9,17H,4,8,10H2,1H3,(H,18,19)(H,20,21). The summed E-state index contributed by atoms with van der Waals surface area (Å²) in [5.41, 5.74) is 1.08. The molecule has 1 aromatic carbocycles. The predicted octanol–water partition coefficient (Wildman–Crippen LogP) is 1.60. The Hall–Kier alpha value is -2.23. The van der Waals surface area contributed by atoms with Crippen molar-refractivity contribution in [1.82, 2.24) is 10.0 Å². The second kappa shape index (κ2) is 8.24. The monoisotopic (exact) mass is 382 g/mol. The van der Waals surface area contributed by atoms with Gasteiger partial charge >= 0.3 is 5.97 Å². The van der Waals surface area contributed by atoms with Crippen LogP contribution >= 0.6 is 11.3 Å². The van der Waals surface area contributed by atoms with Gasteiger partial charge in [0.1, 0.15) is 4.21 Å². The summed E-state index contributed by atoms with van der Waals surface area (Å²) in [6.07, 6.45) is 0.759. The molecule has 1 amide bonds. The van der Waals surface area contributed by atoms with Crippen molar-refractivity contribution in [2.75, 3.05) is 7.05 Å². The minimum absolute atomic E-state index is 0.159. The number of rotatable bonds is 8. The molecule has 25 heavy (non-hydrogen) atoms. The first-order chi connectivity index (χ1) is 11.8. The Morgan fingerprint density at radius 1 is 1.12 bits per heavy atom. The Morgan fingerprint density at radius 2 is 1.80 bits per heavy atom. The van der Waals surface area contributed by atoms with E-state index in [0.29, 0.717) is 6.42 Å². The summed E-state index contributed by atoms with van der Waals surface area (Å²) in [6.45, 7) is 0.265. The maximum atomic E-state index is 11.9. The number of carbonyl (C=O) groups excluding carboxylic acids is 1. The molecule has 2 rings (SSSR count). The number of aromatic carboxylic acids is 1. The number of nitrogens with one attached hydrogen (secondary N) is 2. The lowest BCUT2D eigenvalue weighted by atomic mass is 10.1. The molecule has 0 radical (unpaired) electrons. The number of carboxylic acid groups (broad SMARTS) is 1. The molecule has 0 fully saturated rings. The Morgan fingerprint density at radius 3 is 2.40 bits per heavy atom. The van der Waals surface area contributed by atoms with Crippen LogP contribution in [0, 0.1) is 0 Å². The number of sulfonamides is 1. The topological polar surface area (TPSA) is 113 Å². The van der Waals surface area contributed by atoms with Crippen LogP contribution in [0.4, 0.5) is 0 Å². The van der Waals surface area contributed by atoms with E-state index in [1.54, 1.807) is 18.2 Å². The van der Waals surface area contributed by atoms with Gasteiger partial charge in [-0.25, -0.2) is 17.9 Å². The van der Waals surface area contributed by atoms with Crippen molar-refractivity contribution >= 4 is 33.2 Å². The van der Waals surface area contributed by atoms with Crippen molar-refractivity contribution < 1.29 is 23.1 Å². The lowest BCUT2D eigenvalue weighted by Crippen LogP contribution is -2.22. The summed E-state index contributed by atoms with van der Waals surface area (Å²) in [5.74, 6) is -1.14. The number of carboxylic acids is 1. The van der Waals surface area contributed by atoms with Gasteiger partial charge in [-0.2, -0.15) is 0 Å². The average molecular weight is 382 g/mol. The largest absolute Gasteiger partial charge is 0.478 e. The zero-order chi connectivity index (χ0) is 18.4. The molecule has 0 saturated carbocycles. The number of benzene rings is 1. The summed E-state index contributed by atoms with van der Waals surface area (Å²) in [4.78, 5) is 23.4. The summed E-state index contributed by atoms with van der Waals surface area (Å²) >= 11 is 1.10. The number of thiophene rings is 1. The van der Waals surface area contributed by atoms with E-state index in [9.17, 15) is 18.0 Å². The van der Waals surface area contributed by atoms with Crippen LogP contribution in [0.25, 0.3) is 0 Å². The van der Waals surface area contributed by atoms with E-state index in [1.165, 1.54) is 25.2 Å². The van der Waals surface area contributed by atoms with E-state index in [4.69, 9.17) is 5.11 Å². The molecule has 0 spiro atoms. The van der Waals surface area contributed by atoms with Gasteiger partial charge in [-0.3, -0.25) is 4.79 Å². The zero-order valence-electron chi connectivity index (χ0n) is 13.5. The third-order valence-corrected chi connectivity index (χ3v) is 6.46. The van der Waals surface area contributed by atoms with E-state index in [0.717, 1.165) is 21.8 Å². The summed E-state index contributed by atoms with van der Waals surface area (Å²) in [7, 11) is -2.11. The van der Waals surface area contributed by atoms with Crippen LogP contribution in [-0.2, 0) is 27.8 Å². The van der Waals surface area contributed by atoms with Crippen molar-refractivity contribution in [2.45, 2.75) is 23.6 Å². The number of aryl methyl sites for hydroxylation is 1. The van der Waals surface area contributed by atoms with Crippen LogP contribution in [0.5, 0.6) is 0 Å². The smallest absolute Gasteiger partial charge is 0.335 e. The van der Waals surface area contributed by atoms with E-state index in [2.05, 4.69) is 10.0 Å². The number of hydrogen-bond donors (Lipinski definition) is 3. The number of carbonyl (C=O) groups is 2. The molecule has 0 aliphatic rings. The first-order valence-electron chi connectivity index (χ1n) is 7.43. The van der Waals surface area contributed by atoms with Crippen molar-refractivity contribution in [3.05, 3.63) is 52.4 Å². The van der Waals surface area contributed by atoms with Crippen molar-refractivity contribution in [3.63, 3.8) is 0 Å². The fraction of sp³-hybridized carbons (Fsp3) is 0.250. The Balaban J connectivity index is 1.82. The lowest BCUT2D eigenvalue weighted by Gasteiger charge is -2.04. The second-order valence-electron chi connectivity index (χ2n) is 5.21. The quantitative estimate of drug-likeness (QED) is 0.642. The van der Waals surface area contributed by atoms with Crippen LogP contribution in [0.2, 0.25) is 0 Å². The van der Waals surface area contributed by atoms with Crippen LogP contribution in [-0.4, -0.2) is 32.4 Å². The molecule has 3 N–H and O–H groups in total. The van der Waals surface area contributed by atoms with Gasteiger partial charge in [0.2, 0.25) is 15.9 Å². The van der Waals surface area contributed by atoms with Gasteiger partial charge in [0, 0.05) is 11.3 Å². The third kappa shape index (κ3) is 5.38. The minimum atomic E-state index is -3.46. The minimum Gasteiger partial charge on any atom is -0.478 e. The molecule has 0 bridgehead atoms. The van der Waals surface area contributed by atoms with Crippen molar-refractivity contribution in [1.29, 1.82) is 0 Å². The fourth-order valence-corrected chi connectivity index (χ4v) is 4.18. The van der Waals surface area contributed by atoms with Crippen LogP contribution in [0.3, 0.4) is 0 Å². The molecular formula is C16H18N2O5S2. The second-order valence-corrected chi connectivity index (χ2v) is 8.49. The van der Waals surface area contributed by atoms with Gasteiger partial charge in [-0.05, 0) is 43.3 Å². The molecule has 0 unspecified atom stereocenters. The zero-order valence-corrected chi connectivity index (χ0v) is 15.1. The average Bonchev–Trinajstić information content (AvgIpc) is 3.08. The molecule has 0 saturated heterocycles. The van der Waals surface area contributed by atoms with E-state index in [-0.39, 0.29) is 28.6 Å². The lowest BCUT2D eigenvalue weighted by molar-refractivity contribution is -0.121. The molecule has 0 aliphatic carbocycles. The van der Waals surface area contributed by atoms with Gasteiger partial charge in [-0.1, -0.05) is 12.1 Å². The highest BCUT2D eigenvalue weighted by Gasteiger charge is 2.14. The van der Waals surface area contributed by atoms with Crippen LogP contribution < -0.4 is 10.0 Å². The molecule has 9 heteroatoms. The Bertz CT molecular complexity index is 857.